The molecule has 0 heterocycles. The zero-order chi connectivity index (χ0) is 11.1. The fraction of sp³-hybridized carbons (Fsp3) is 0.571. The molecule has 0 saturated heterocycles. The maximum atomic E-state index is 3.45. The Morgan fingerprint density at radius 3 is 2.62 bits per heavy atom. The molecule has 1 aromatic rings. The molecule has 1 aliphatic rings. The first kappa shape index (κ1) is 11.8. The topological polar surface area (TPSA) is 12.0 Å². The summed E-state index contributed by atoms with van der Waals surface area (Å²) >= 11 is 2.11. The molecule has 1 aliphatic carbocycles. The first-order chi connectivity index (χ1) is 7.95. The van der Waals surface area contributed by atoms with Gasteiger partial charge in [0.05, 0.1) is 0 Å². The number of anilines is 1. The van der Waals surface area contributed by atoms with Crippen LogP contribution in [0.5, 0.6) is 0 Å². The Balaban J connectivity index is 1.52. The molecule has 0 bridgehead atoms. The van der Waals surface area contributed by atoms with Gasteiger partial charge in [0.15, 0.2) is 0 Å². The van der Waals surface area contributed by atoms with Gasteiger partial charge in [0.25, 0.3) is 0 Å². The highest BCUT2D eigenvalue weighted by Gasteiger charge is 2.13. The van der Waals surface area contributed by atoms with Crippen LogP contribution in [0.1, 0.15) is 25.7 Å². The Hall–Kier alpha value is -0.630. The van der Waals surface area contributed by atoms with Crippen molar-refractivity contribution in [2.75, 3.05) is 23.4 Å². The molecular weight excluding hydrogens is 214 g/mol. The maximum absolute atomic E-state index is 3.45. The normalized spacial score (nSPS) is 16.5. The van der Waals surface area contributed by atoms with Crippen molar-refractivity contribution < 1.29 is 0 Å². The minimum Gasteiger partial charge on any atom is -0.384 e. The molecule has 1 saturated carbocycles. The minimum atomic E-state index is 1.02. The van der Waals surface area contributed by atoms with E-state index in [1.54, 1.807) is 0 Å². The molecule has 0 spiro atoms. The second-order valence-electron chi connectivity index (χ2n) is 4.52. The standard InChI is InChI=1S/C14H21NS/c1-2-8-14(9-3-1)15-10-11-16-12-13-6-4-5-7-13/h1-3,8-9,13,15H,4-7,10-12H2. The highest BCUT2D eigenvalue weighted by molar-refractivity contribution is 7.99. The van der Waals surface area contributed by atoms with Crippen molar-refractivity contribution in [1.82, 2.24) is 0 Å². The van der Waals surface area contributed by atoms with Crippen LogP contribution in [0.4, 0.5) is 5.69 Å². The Kier molecular flexibility index (Phi) is 5.07. The van der Waals surface area contributed by atoms with Gasteiger partial charge in [-0.2, -0.15) is 11.8 Å². The maximum Gasteiger partial charge on any atom is 0.0340 e. The Morgan fingerprint density at radius 2 is 1.88 bits per heavy atom. The van der Waals surface area contributed by atoms with Crippen molar-refractivity contribution in [2.45, 2.75) is 25.7 Å². The van der Waals surface area contributed by atoms with Crippen LogP contribution in [0, 0.1) is 5.92 Å². The van der Waals surface area contributed by atoms with E-state index in [-0.39, 0.29) is 0 Å². The molecule has 1 nitrogen and oxygen atoms in total. The molecule has 0 atom stereocenters. The predicted molar refractivity (Wildman–Crippen MR) is 74.2 cm³/mol. The van der Waals surface area contributed by atoms with E-state index in [4.69, 9.17) is 0 Å². The van der Waals surface area contributed by atoms with Crippen molar-refractivity contribution in [2.24, 2.45) is 5.92 Å². The van der Waals surface area contributed by atoms with Gasteiger partial charge >= 0.3 is 0 Å². The third-order valence-corrected chi connectivity index (χ3v) is 4.38. The van der Waals surface area contributed by atoms with Crippen LogP contribution in [0.15, 0.2) is 30.3 Å². The van der Waals surface area contributed by atoms with Crippen molar-refractivity contribution in [1.29, 1.82) is 0 Å². The smallest absolute Gasteiger partial charge is 0.0340 e. The summed E-state index contributed by atoms with van der Waals surface area (Å²) in [6.45, 7) is 1.08. The van der Waals surface area contributed by atoms with E-state index >= 15 is 0 Å². The lowest BCUT2D eigenvalue weighted by Crippen LogP contribution is -2.06. The van der Waals surface area contributed by atoms with Crippen LogP contribution in [-0.4, -0.2) is 18.1 Å². The largest absolute Gasteiger partial charge is 0.384 e. The van der Waals surface area contributed by atoms with Gasteiger partial charge in [0.1, 0.15) is 0 Å². The first-order valence-corrected chi connectivity index (χ1v) is 7.47. The molecule has 2 heteroatoms. The van der Waals surface area contributed by atoms with Crippen LogP contribution in [0.2, 0.25) is 0 Å². The van der Waals surface area contributed by atoms with E-state index in [2.05, 4.69) is 47.4 Å². The lowest BCUT2D eigenvalue weighted by atomic mass is 10.1. The van der Waals surface area contributed by atoms with Gasteiger partial charge in [0, 0.05) is 18.0 Å². The number of benzene rings is 1. The molecular formula is C14H21NS. The van der Waals surface area contributed by atoms with E-state index in [1.165, 1.54) is 42.9 Å². The number of nitrogens with one attached hydrogen (secondary N) is 1. The summed E-state index contributed by atoms with van der Waals surface area (Å²) in [7, 11) is 0. The molecule has 1 fully saturated rings. The summed E-state index contributed by atoms with van der Waals surface area (Å²) in [5.74, 6) is 3.61. The SMILES string of the molecule is c1ccc(NCCSCC2CCCC2)cc1. The number of thioether (sulfide) groups is 1. The second-order valence-corrected chi connectivity index (χ2v) is 5.67. The predicted octanol–water partition coefficient (Wildman–Crippen LogP) is 4.02. The average molecular weight is 235 g/mol. The summed E-state index contributed by atoms with van der Waals surface area (Å²) in [6.07, 6.45) is 5.87. The quantitative estimate of drug-likeness (QED) is 0.747. The lowest BCUT2D eigenvalue weighted by molar-refractivity contribution is 0.623. The van der Waals surface area contributed by atoms with E-state index < -0.39 is 0 Å². The average Bonchev–Trinajstić information content (AvgIpc) is 2.83. The van der Waals surface area contributed by atoms with E-state index in [9.17, 15) is 0 Å². The lowest BCUT2D eigenvalue weighted by Gasteiger charge is -2.09. The first-order valence-electron chi connectivity index (χ1n) is 6.32. The van der Waals surface area contributed by atoms with Crippen LogP contribution in [0.25, 0.3) is 0 Å². The van der Waals surface area contributed by atoms with Crippen molar-refractivity contribution >= 4 is 17.4 Å². The van der Waals surface area contributed by atoms with Gasteiger partial charge in [-0.05, 0) is 36.6 Å². The molecule has 1 N–H and O–H groups in total. The summed E-state index contributed by atoms with van der Waals surface area (Å²) in [4.78, 5) is 0. The number of rotatable bonds is 6. The molecule has 16 heavy (non-hydrogen) atoms. The summed E-state index contributed by atoms with van der Waals surface area (Å²) < 4.78 is 0. The van der Waals surface area contributed by atoms with Crippen LogP contribution >= 0.6 is 11.8 Å². The van der Waals surface area contributed by atoms with Gasteiger partial charge < -0.3 is 5.32 Å². The van der Waals surface area contributed by atoms with E-state index in [0.717, 1.165) is 12.5 Å². The van der Waals surface area contributed by atoms with Gasteiger partial charge in [-0.15, -0.1) is 0 Å². The molecule has 88 valence electrons. The molecule has 2 rings (SSSR count). The summed E-state index contributed by atoms with van der Waals surface area (Å²) in [6, 6.07) is 10.5. The summed E-state index contributed by atoms with van der Waals surface area (Å²) in [5, 5.41) is 3.45. The van der Waals surface area contributed by atoms with Crippen molar-refractivity contribution in [3.8, 4) is 0 Å². The van der Waals surface area contributed by atoms with Crippen LogP contribution in [-0.2, 0) is 0 Å². The third kappa shape index (κ3) is 4.09. The Morgan fingerprint density at radius 1 is 1.12 bits per heavy atom. The van der Waals surface area contributed by atoms with Crippen LogP contribution < -0.4 is 5.32 Å². The fourth-order valence-electron chi connectivity index (χ4n) is 2.25. The van der Waals surface area contributed by atoms with Crippen molar-refractivity contribution in [3.63, 3.8) is 0 Å². The van der Waals surface area contributed by atoms with Crippen molar-refractivity contribution in [3.05, 3.63) is 30.3 Å². The molecule has 0 unspecified atom stereocenters. The summed E-state index contributed by atoms with van der Waals surface area (Å²) in [5.41, 5.74) is 1.24. The van der Waals surface area contributed by atoms with Crippen LogP contribution in [0.3, 0.4) is 0 Å². The number of hydrogen-bond acceptors (Lipinski definition) is 2. The molecule has 0 amide bonds. The monoisotopic (exact) mass is 235 g/mol. The highest BCUT2D eigenvalue weighted by Crippen LogP contribution is 2.27. The fourth-order valence-corrected chi connectivity index (χ4v) is 3.33. The zero-order valence-corrected chi connectivity index (χ0v) is 10.6. The Bertz CT molecular complexity index is 280. The van der Waals surface area contributed by atoms with Gasteiger partial charge in [0.2, 0.25) is 0 Å². The van der Waals surface area contributed by atoms with Gasteiger partial charge in [-0.3, -0.25) is 0 Å². The molecule has 0 radical (unpaired) electrons. The van der Waals surface area contributed by atoms with E-state index in [1.807, 2.05) is 0 Å². The molecule has 0 aliphatic heterocycles. The minimum absolute atomic E-state index is 1.02. The molecule has 1 aromatic carbocycles. The van der Waals surface area contributed by atoms with Gasteiger partial charge in [-0.1, -0.05) is 31.0 Å². The number of para-hydroxylation sites is 1. The number of hydrogen-bond donors (Lipinski definition) is 1. The van der Waals surface area contributed by atoms with E-state index in [0.29, 0.717) is 0 Å². The highest BCUT2D eigenvalue weighted by atomic mass is 32.2. The zero-order valence-electron chi connectivity index (χ0n) is 9.82. The second kappa shape index (κ2) is 6.85. The third-order valence-electron chi connectivity index (χ3n) is 3.18. The Labute approximate surface area is 103 Å². The van der Waals surface area contributed by atoms with Gasteiger partial charge in [-0.25, -0.2) is 0 Å². The molecule has 0 aromatic heterocycles.